The van der Waals surface area contributed by atoms with Crippen molar-refractivity contribution in [3.05, 3.63) is 0 Å². The summed E-state index contributed by atoms with van der Waals surface area (Å²) in [5.74, 6) is 3.11. The number of ether oxygens (including phenoxy) is 1. The van der Waals surface area contributed by atoms with Crippen LogP contribution >= 0.6 is 0 Å². The highest BCUT2D eigenvalue weighted by Crippen LogP contribution is 2.78. The van der Waals surface area contributed by atoms with Gasteiger partial charge in [-0.2, -0.15) is 0 Å². The first-order valence-electron chi connectivity index (χ1n) is 14.1. The van der Waals surface area contributed by atoms with Crippen molar-refractivity contribution in [3.8, 4) is 0 Å². The van der Waals surface area contributed by atoms with Crippen molar-refractivity contribution in [3.63, 3.8) is 0 Å². The van der Waals surface area contributed by atoms with E-state index in [4.69, 9.17) is 4.74 Å². The molecule has 32 heavy (non-hydrogen) atoms. The predicted octanol–water partition coefficient (Wildman–Crippen LogP) is 7.24. The van der Waals surface area contributed by atoms with Gasteiger partial charge in [0.1, 0.15) is 0 Å². The van der Waals surface area contributed by atoms with Gasteiger partial charge >= 0.3 is 0 Å². The van der Waals surface area contributed by atoms with Gasteiger partial charge in [0.25, 0.3) is 0 Å². The van der Waals surface area contributed by atoms with Crippen LogP contribution in [0.3, 0.4) is 0 Å². The van der Waals surface area contributed by atoms with Gasteiger partial charge < -0.3 is 9.84 Å². The maximum atomic E-state index is 10.9. The highest BCUT2D eigenvalue weighted by molar-refractivity contribution is 5.21. The number of rotatable bonds is 0. The molecule has 0 aromatic carbocycles. The molecule has 0 amide bonds. The molecule has 1 heterocycles. The average Bonchev–Trinajstić information content (AvgIpc) is 3.05. The van der Waals surface area contributed by atoms with Gasteiger partial charge in [-0.25, -0.2) is 0 Å². The topological polar surface area (TPSA) is 29.5 Å². The van der Waals surface area contributed by atoms with Crippen LogP contribution in [-0.2, 0) is 4.74 Å². The van der Waals surface area contributed by atoms with E-state index in [0.717, 1.165) is 30.8 Å². The van der Waals surface area contributed by atoms with E-state index < -0.39 is 0 Å². The Kier molecular flexibility index (Phi) is 4.46. The summed E-state index contributed by atoms with van der Waals surface area (Å²) in [6.07, 6.45) is 13.7. The van der Waals surface area contributed by atoms with Crippen molar-refractivity contribution in [2.45, 2.75) is 125 Å². The summed E-state index contributed by atoms with van der Waals surface area (Å²) < 4.78 is 6.71. The molecule has 10 atom stereocenters. The van der Waals surface area contributed by atoms with Gasteiger partial charge in [-0.3, -0.25) is 0 Å². The molecule has 1 aliphatic heterocycles. The minimum Gasteiger partial charge on any atom is -0.393 e. The minimum absolute atomic E-state index is 0.0586. The molecule has 0 aromatic rings. The van der Waals surface area contributed by atoms with Gasteiger partial charge in [0.05, 0.1) is 18.8 Å². The molecule has 1 N–H and O–H groups in total. The molecule has 6 rings (SSSR count). The second-order valence-electron chi connectivity index (χ2n) is 15.7. The molecule has 2 nitrogen and oxygen atoms in total. The molecular weight excluding hydrogens is 392 g/mol. The van der Waals surface area contributed by atoms with Gasteiger partial charge in [0.15, 0.2) is 0 Å². The van der Waals surface area contributed by atoms with Crippen molar-refractivity contribution in [1.82, 2.24) is 0 Å². The van der Waals surface area contributed by atoms with Gasteiger partial charge in [-0.1, -0.05) is 48.5 Å². The third-order valence-electron chi connectivity index (χ3n) is 14.1. The maximum absolute atomic E-state index is 10.9. The molecule has 1 saturated heterocycles. The molecule has 0 spiro atoms. The Labute approximate surface area is 197 Å². The molecule has 5 saturated carbocycles. The minimum atomic E-state index is -0.122. The lowest BCUT2D eigenvalue weighted by Gasteiger charge is -2.73. The number of fused-ring (bicyclic) bond motifs is 5. The van der Waals surface area contributed by atoms with Crippen LogP contribution in [-0.4, -0.2) is 23.9 Å². The largest absolute Gasteiger partial charge is 0.393 e. The molecule has 6 aliphatic rings. The zero-order valence-corrected chi connectivity index (χ0v) is 22.1. The zero-order valence-electron chi connectivity index (χ0n) is 22.1. The van der Waals surface area contributed by atoms with Gasteiger partial charge in [0.2, 0.25) is 0 Å². The first-order chi connectivity index (χ1) is 14.8. The van der Waals surface area contributed by atoms with E-state index in [0.29, 0.717) is 39.1 Å². The normalized spacial score (nSPS) is 60.0. The third-order valence-corrected chi connectivity index (χ3v) is 14.1. The summed E-state index contributed by atoms with van der Waals surface area (Å²) in [6.45, 7) is 18.9. The smallest absolute Gasteiger partial charge is 0.0663 e. The molecule has 182 valence electrons. The zero-order chi connectivity index (χ0) is 22.9. The molecule has 6 fully saturated rings. The highest BCUT2D eigenvalue weighted by atomic mass is 16.5. The SMILES string of the molecule is CC1(C)CCC23CCC4(C)C(CCC5C6(C)CCC(O)C(C)(C)C6CCC54C)C2C1OC3. The van der Waals surface area contributed by atoms with Gasteiger partial charge in [-0.15, -0.1) is 0 Å². The van der Waals surface area contributed by atoms with E-state index in [9.17, 15) is 5.11 Å². The van der Waals surface area contributed by atoms with E-state index in [-0.39, 0.29) is 11.5 Å². The van der Waals surface area contributed by atoms with Crippen LogP contribution in [0, 0.1) is 56.2 Å². The summed E-state index contributed by atoms with van der Waals surface area (Å²) in [5.41, 5.74) is 2.16. The van der Waals surface area contributed by atoms with Crippen molar-refractivity contribution in [2.75, 3.05) is 6.61 Å². The Morgan fingerprint density at radius 2 is 1.41 bits per heavy atom. The standard InChI is InChI=1S/C30H50O2/c1-25(2)14-16-30-17-15-28(6)19(23(30)24(25)32-18-30)8-9-21-27(5)12-11-22(31)26(3,4)20(27)10-13-29(21,28)7/h19-24,31H,8-18H2,1-7H3. The first kappa shape index (κ1) is 22.4. The molecule has 2 heteroatoms. The predicted molar refractivity (Wildman–Crippen MR) is 130 cm³/mol. The lowest BCUT2D eigenvalue weighted by molar-refractivity contribution is -0.252. The van der Waals surface area contributed by atoms with Crippen molar-refractivity contribution < 1.29 is 9.84 Å². The quantitative estimate of drug-likeness (QED) is 0.428. The summed E-state index contributed by atoms with van der Waals surface area (Å²) in [6, 6.07) is 0. The Hall–Kier alpha value is -0.0800. The van der Waals surface area contributed by atoms with Gasteiger partial charge in [-0.05, 0) is 120 Å². The highest BCUT2D eigenvalue weighted by Gasteiger charge is 2.72. The molecule has 10 unspecified atom stereocenters. The first-order valence-corrected chi connectivity index (χ1v) is 14.1. The van der Waals surface area contributed by atoms with E-state index >= 15 is 0 Å². The summed E-state index contributed by atoms with van der Waals surface area (Å²) >= 11 is 0. The molecular formula is C30H50O2. The Bertz CT molecular complexity index is 801. The van der Waals surface area contributed by atoms with Crippen LogP contribution < -0.4 is 0 Å². The fourth-order valence-corrected chi connectivity index (χ4v) is 12.0. The van der Waals surface area contributed by atoms with Crippen LogP contribution in [0.1, 0.15) is 113 Å². The molecule has 0 aromatic heterocycles. The van der Waals surface area contributed by atoms with Crippen LogP contribution in [0.2, 0.25) is 0 Å². The average molecular weight is 443 g/mol. The lowest BCUT2D eigenvalue weighted by atomic mass is 9.31. The fourth-order valence-electron chi connectivity index (χ4n) is 12.0. The second kappa shape index (κ2) is 6.37. The Morgan fingerprint density at radius 3 is 2.16 bits per heavy atom. The lowest BCUT2D eigenvalue weighted by Crippen LogP contribution is -2.67. The van der Waals surface area contributed by atoms with E-state index in [1.54, 1.807) is 0 Å². The number of aliphatic hydroxyl groups excluding tert-OH is 1. The molecule has 2 bridgehead atoms. The Morgan fingerprint density at radius 1 is 0.688 bits per heavy atom. The summed E-state index contributed by atoms with van der Waals surface area (Å²) in [7, 11) is 0. The second-order valence-corrected chi connectivity index (χ2v) is 15.7. The summed E-state index contributed by atoms with van der Waals surface area (Å²) in [4.78, 5) is 0. The van der Waals surface area contributed by atoms with Crippen LogP contribution in [0.25, 0.3) is 0 Å². The number of hydrogen-bond donors (Lipinski definition) is 1. The van der Waals surface area contributed by atoms with Gasteiger partial charge in [0, 0.05) is 0 Å². The van der Waals surface area contributed by atoms with E-state index in [1.807, 2.05) is 0 Å². The van der Waals surface area contributed by atoms with E-state index in [2.05, 4.69) is 48.5 Å². The van der Waals surface area contributed by atoms with Crippen LogP contribution in [0.15, 0.2) is 0 Å². The number of aliphatic hydroxyl groups is 1. The van der Waals surface area contributed by atoms with Crippen molar-refractivity contribution in [2.24, 2.45) is 56.2 Å². The van der Waals surface area contributed by atoms with Crippen LogP contribution in [0.4, 0.5) is 0 Å². The molecule has 0 radical (unpaired) electrons. The monoisotopic (exact) mass is 442 g/mol. The molecule has 5 aliphatic carbocycles. The Balaban J connectivity index is 1.39. The number of hydrogen-bond acceptors (Lipinski definition) is 2. The van der Waals surface area contributed by atoms with Crippen LogP contribution in [0.5, 0.6) is 0 Å². The van der Waals surface area contributed by atoms with Crippen molar-refractivity contribution >= 4 is 0 Å². The van der Waals surface area contributed by atoms with Crippen molar-refractivity contribution in [1.29, 1.82) is 0 Å². The fraction of sp³-hybridized carbons (Fsp3) is 1.00. The third kappa shape index (κ3) is 2.41. The summed E-state index contributed by atoms with van der Waals surface area (Å²) in [5, 5.41) is 10.9. The van der Waals surface area contributed by atoms with E-state index in [1.165, 1.54) is 57.8 Å². The maximum Gasteiger partial charge on any atom is 0.0663 e.